The molecule has 0 radical (unpaired) electrons. The van der Waals surface area contributed by atoms with Crippen LogP contribution in [-0.2, 0) is 20.8 Å². The molecule has 1 saturated heterocycles. The van der Waals surface area contributed by atoms with Crippen LogP contribution in [0.3, 0.4) is 0 Å². The lowest BCUT2D eigenvalue weighted by atomic mass is 10.1. The predicted molar refractivity (Wildman–Crippen MR) is 119 cm³/mol. The first-order valence-corrected chi connectivity index (χ1v) is 10.3. The summed E-state index contributed by atoms with van der Waals surface area (Å²) in [6, 6.07) is 14.1. The van der Waals surface area contributed by atoms with Gasteiger partial charge in [-0.15, -0.1) is 0 Å². The number of anilines is 2. The summed E-state index contributed by atoms with van der Waals surface area (Å²) in [4.78, 5) is 48.9. The van der Waals surface area contributed by atoms with Gasteiger partial charge in [0.05, 0.1) is 12.3 Å². The van der Waals surface area contributed by atoms with Crippen LogP contribution in [0.1, 0.15) is 17.5 Å². The molecule has 1 atom stereocenters. The van der Waals surface area contributed by atoms with Crippen molar-refractivity contribution in [1.29, 1.82) is 0 Å². The second-order valence-corrected chi connectivity index (χ2v) is 7.70. The molecule has 32 heavy (non-hydrogen) atoms. The van der Waals surface area contributed by atoms with Crippen LogP contribution in [0.2, 0.25) is 0 Å². The van der Waals surface area contributed by atoms with Gasteiger partial charge in [-0.1, -0.05) is 30.3 Å². The summed E-state index contributed by atoms with van der Waals surface area (Å²) in [6.07, 6.45) is 0.690. The Labute approximate surface area is 185 Å². The van der Waals surface area contributed by atoms with Gasteiger partial charge in [-0.2, -0.15) is 0 Å². The molecule has 168 valence electrons. The van der Waals surface area contributed by atoms with Crippen LogP contribution >= 0.6 is 0 Å². The Balaban J connectivity index is 1.47. The van der Waals surface area contributed by atoms with Crippen molar-refractivity contribution in [3.63, 3.8) is 0 Å². The third-order valence-corrected chi connectivity index (χ3v) is 5.29. The number of rotatable bonds is 7. The lowest BCUT2D eigenvalue weighted by molar-refractivity contribution is -0.138. The molecule has 1 aliphatic heterocycles. The number of benzene rings is 2. The normalized spacial score (nSPS) is 15.2. The van der Waals surface area contributed by atoms with Crippen molar-refractivity contribution >= 4 is 35.2 Å². The maximum Gasteiger partial charge on any atom is 0.323 e. The molecule has 2 aromatic rings. The van der Waals surface area contributed by atoms with Crippen molar-refractivity contribution < 1.29 is 24.3 Å². The number of aryl methyl sites for hydroxylation is 1. The third-order valence-electron chi connectivity index (χ3n) is 5.29. The van der Waals surface area contributed by atoms with E-state index >= 15 is 0 Å². The molecule has 2 aromatic carbocycles. The van der Waals surface area contributed by atoms with E-state index in [4.69, 9.17) is 5.11 Å². The first-order valence-electron chi connectivity index (χ1n) is 10.3. The van der Waals surface area contributed by atoms with E-state index < -0.39 is 18.4 Å². The van der Waals surface area contributed by atoms with Crippen LogP contribution in [0.15, 0.2) is 48.5 Å². The van der Waals surface area contributed by atoms with Crippen molar-refractivity contribution in [2.75, 3.05) is 30.3 Å². The van der Waals surface area contributed by atoms with Gasteiger partial charge in [-0.05, 0) is 42.7 Å². The van der Waals surface area contributed by atoms with Gasteiger partial charge in [-0.3, -0.25) is 14.4 Å². The first kappa shape index (κ1) is 22.8. The average molecular weight is 438 g/mol. The third kappa shape index (κ3) is 6.31. The number of nitrogens with one attached hydrogen (secondary N) is 3. The molecular formula is C23H26N4O5. The lowest BCUT2D eigenvalue weighted by Crippen LogP contribution is -2.37. The minimum atomic E-state index is -1.10. The second-order valence-electron chi connectivity index (χ2n) is 7.70. The minimum Gasteiger partial charge on any atom is -0.480 e. The Hall–Kier alpha value is -3.88. The fourth-order valence-corrected chi connectivity index (χ4v) is 3.50. The van der Waals surface area contributed by atoms with Gasteiger partial charge < -0.3 is 26.0 Å². The Morgan fingerprint density at radius 2 is 1.75 bits per heavy atom. The van der Waals surface area contributed by atoms with E-state index in [0.29, 0.717) is 18.7 Å². The summed E-state index contributed by atoms with van der Waals surface area (Å²) < 4.78 is 0. The molecule has 9 heteroatoms. The maximum atomic E-state index is 12.6. The highest BCUT2D eigenvalue weighted by atomic mass is 16.4. The number of aliphatic carboxylic acids is 1. The number of carbonyl (C=O) groups excluding carboxylic acids is 3. The maximum absolute atomic E-state index is 12.6. The molecule has 0 bridgehead atoms. The van der Waals surface area contributed by atoms with Gasteiger partial charge in [0, 0.05) is 24.5 Å². The standard InChI is InChI=1S/C23H26N4O5/c1-15-4-2-3-5-19(15)26-23(32)25-18-8-6-16(7-9-18)12-20(28)27-11-10-17(14-27)22(31)24-13-21(29)30/h2-9,17H,10-14H2,1H3,(H,24,31)(H,29,30)(H2,25,26,32)/t17-/m0/s1. The molecule has 1 aliphatic rings. The lowest BCUT2D eigenvalue weighted by Gasteiger charge is -2.16. The molecule has 0 spiro atoms. The topological polar surface area (TPSA) is 128 Å². The number of likely N-dealkylation sites (tertiary alicyclic amines) is 1. The number of para-hydroxylation sites is 1. The molecule has 3 rings (SSSR count). The van der Waals surface area contributed by atoms with Gasteiger partial charge in [0.25, 0.3) is 0 Å². The number of hydrogen-bond acceptors (Lipinski definition) is 4. The van der Waals surface area contributed by atoms with Crippen LogP contribution in [0.5, 0.6) is 0 Å². The zero-order valence-electron chi connectivity index (χ0n) is 17.8. The van der Waals surface area contributed by atoms with Crippen molar-refractivity contribution in [3.8, 4) is 0 Å². The Bertz CT molecular complexity index is 1010. The van der Waals surface area contributed by atoms with Gasteiger partial charge in [0.1, 0.15) is 6.54 Å². The van der Waals surface area contributed by atoms with E-state index in [2.05, 4.69) is 16.0 Å². The van der Waals surface area contributed by atoms with E-state index in [-0.39, 0.29) is 30.8 Å². The molecule has 1 heterocycles. The number of carboxylic acid groups (broad SMARTS) is 1. The molecule has 9 nitrogen and oxygen atoms in total. The quantitative estimate of drug-likeness (QED) is 0.527. The minimum absolute atomic E-state index is 0.100. The highest BCUT2D eigenvalue weighted by molar-refractivity contribution is 6.00. The molecule has 0 saturated carbocycles. The number of hydrogen-bond donors (Lipinski definition) is 4. The number of amides is 4. The fourth-order valence-electron chi connectivity index (χ4n) is 3.50. The Kier molecular flexibility index (Phi) is 7.43. The molecule has 4 N–H and O–H groups in total. The highest BCUT2D eigenvalue weighted by Crippen LogP contribution is 2.19. The number of urea groups is 1. The monoisotopic (exact) mass is 438 g/mol. The van der Waals surface area contributed by atoms with Gasteiger partial charge >= 0.3 is 12.0 Å². The summed E-state index contributed by atoms with van der Waals surface area (Å²) in [5, 5.41) is 16.6. The predicted octanol–water partition coefficient (Wildman–Crippen LogP) is 2.23. The van der Waals surface area contributed by atoms with Crippen molar-refractivity contribution in [1.82, 2.24) is 10.2 Å². The highest BCUT2D eigenvalue weighted by Gasteiger charge is 2.31. The Morgan fingerprint density at radius 3 is 2.44 bits per heavy atom. The molecule has 1 fully saturated rings. The largest absolute Gasteiger partial charge is 0.480 e. The summed E-state index contributed by atoms with van der Waals surface area (Å²) in [5.74, 6) is -1.94. The van der Waals surface area contributed by atoms with Crippen molar-refractivity contribution in [3.05, 3.63) is 59.7 Å². The van der Waals surface area contributed by atoms with Crippen molar-refractivity contribution in [2.45, 2.75) is 19.8 Å². The van der Waals surface area contributed by atoms with Crippen LogP contribution < -0.4 is 16.0 Å². The van der Waals surface area contributed by atoms with Crippen LogP contribution in [0.25, 0.3) is 0 Å². The molecule has 0 unspecified atom stereocenters. The summed E-state index contributed by atoms with van der Waals surface area (Å²) >= 11 is 0. The summed E-state index contributed by atoms with van der Waals surface area (Å²) in [5.41, 5.74) is 3.08. The van der Waals surface area contributed by atoms with Gasteiger partial charge in [-0.25, -0.2) is 4.79 Å². The van der Waals surface area contributed by atoms with E-state index in [1.165, 1.54) is 0 Å². The smallest absolute Gasteiger partial charge is 0.323 e. The van der Waals surface area contributed by atoms with Crippen LogP contribution in [0, 0.1) is 12.8 Å². The zero-order valence-corrected chi connectivity index (χ0v) is 17.8. The molecule has 0 aliphatic carbocycles. The Morgan fingerprint density at radius 1 is 1.03 bits per heavy atom. The number of carboxylic acids is 1. The van der Waals surface area contributed by atoms with E-state index in [1.54, 1.807) is 29.2 Å². The number of carbonyl (C=O) groups is 4. The average Bonchev–Trinajstić information content (AvgIpc) is 3.25. The van der Waals surface area contributed by atoms with E-state index in [0.717, 1.165) is 16.8 Å². The van der Waals surface area contributed by atoms with Gasteiger partial charge in [0.15, 0.2) is 0 Å². The molecule has 0 aromatic heterocycles. The first-order chi connectivity index (χ1) is 15.3. The fraction of sp³-hybridized carbons (Fsp3) is 0.304. The summed E-state index contributed by atoms with van der Waals surface area (Å²) in [7, 11) is 0. The van der Waals surface area contributed by atoms with Crippen LogP contribution in [0.4, 0.5) is 16.2 Å². The van der Waals surface area contributed by atoms with Crippen LogP contribution in [-0.4, -0.2) is 53.5 Å². The van der Waals surface area contributed by atoms with Gasteiger partial charge in [0.2, 0.25) is 11.8 Å². The number of nitrogens with zero attached hydrogens (tertiary/aromatic N) is 1. The molecule has 4 amide bonds. The summed E-state index contributed by atoms with van der Waals surface area (Å²) in [6.45, 7) is 2.23. The second kappa shape index (κ2) is 10.4. The van der Waals surface area contributed by atoms with E-state index in [9.17, 15) is 19.2 Å². The van der Waals surface area contributed by atoms with E-state index in [1.807, 2.05) is 31.2 Å². The van der Waals surface area contributed by atoms with Crippen molar-refractivity contribution in [2.24, 2.45) is 5.92 Å². The zero-order chi connectivity index (χ0) is 23.1. The molecular weight excluding hydrogens is 412 g/mol. The SMILES string of the molecule is Cc1ccccc1NC(=O)Nc1ccc(CC(=O)N2CC[C@H](C(=O)NCC(=O)O)C2)cc1.